The van der Waals surface area contributed by atoms with Crippen LogP contribution in [0.3, 0.4) is 0 Å². The summed E-state index contributed by atoms with van der Waals surface area (Å²) in [6.45, 7) is -0.0208. The molecule has 0 aliphatic rings. The van der Waals surface area contributed by atoms with Crippen molar-refractivity contribution in [2.24, 2.45) is 0 Å². The predicted molar refractivity (Wildman–Crippen MR) is 39.7 cm³/mol. The van der Waals surface area contributed by atoms with Gasteiger partial charge >= 0.3 is 5.97 Å². The van der Waals surface area contributed by atoms with E-state index in [2.05, 4.69) is 4.74 Å². The third kappa shape index (κ3) is 1.81. The lowest BCUT2D eigenvalue weighted by Gasteiger charge is -2.18. The highest BCUT2D eigenvalue weighted by atomic mass is 16.8. The van der Waals surface area contributed by atoms with E-state index in [-0.39, 0.29) is 12.0 Å². The van der Waals surface area contributed by atoms with E-state index in [9.17, 15) is 4.79 Å². The van der Waals surface area contributed by atoms with Crippen LogP contribution < -0.4 is 0 Å². The van der Waals surface area contributed by atoms with Crippen LogP contribution in [-0.4, -0.2) is 16.7 Å². The van der Waals surface area contributed by atoms with Crippen molar-refractivity contribution >= 4 is 6.47 Å². The van der Waals surface area contributed by atoms with Gasteiger partial charge in [-0.25, -0.2) is 0 Å². The first-order valence-corrected chi connectivity index (χ1v) is 3.28. The van der Waals surface area contributed by atoms with Crippen molar-refractivity contribution in [3.8, 4) is 0 Å². The van der Waals surface area contributed by atoms with Crippen LogP contribution in [0.5, 0.6) is 0 Å². The second kappa shape index (κ2) is 3.34. The van der Waals surface area contributed by atoms with Crippen molar-refractivity contribution in [1.29, 1.82) is 0 Å². The summed E-state index contributed by atoms with van der Waals surface area (Å²) >= 11 is 0. The Hall–Kier alpha value is -1.39. The Bertz CT molecular complexity index is 255. The molecule has 64 valence electrons. The molecule has 4 nitrogen and oxygen atoms in total. The van der Waals surface area contributed by atoms with Crippen LogP contribution in [-0.2, 0) is 15.5 Å². The molecule has 0 saturated carbocycles. The third-order valence-corrected chi connectivity index (χ3v) is 1.36. The molecule has 0 aliphatic carbocycles. The zero-order chi connectivity index (χ0) is 9.03. The monoisotopic (exact) mass is 168 g/mol. The topological polar surface area (TPSA) is 66.8 Å². The summed E-state index contributed by atoms with van der Waals surface area (Å²) in [5, 5.41) is 18.2. The summed E-state index contributed by atoms with van der Waals surface area (Å²) in [5.41, 5.74) is 0.108. The van der Waals surface area contributed by atoms with Crippen LogP contribution in [0, 0.1) is 0 Å². The van der Waals surface area contributed by atoms with E-state index in [4.69, 9.17) is 10.2 Å². The summed E-state index contributed by atoms with van der Waals surface area (Å²) in [5.74, 6) is -2.52. The van der Waals surface area contributed by atoms with Crippen molar-refractivity contribution in [1.82, 2.24) is 0 Å². The summed E-state index contributed by atoms with van der Waals surface area (Å²) in [6.07, 6.45) is 0. The Morgan fingerprint density at radius 1 is 1.25 bits per heavy atom. The highest BCUT2D eigenvalue weighted by Gasteiger charge is 2.27. The molecule has 1 rings (SSSR count). The minimum absolute atomic E-state index is 0.0208. The lowest BCUT2D eigenvalue weighted by atomic mass is 10.2. The highest BCUT2D eigenvalue weighted by molar-refractivity contribution is 5.38. The van der Waals surface area contributed by atoms with E-state index in [0.29, 0.717) is 0 Å². The molecule has 0 saturated heterocycles. The second-order valence-electron chi connectivity index (χ2n) is 2.19. The average Bonchev–Trinajstić information content (AvgIpc) is 2.06. The van der Waals surface area contributed by atoms with E-state index in [1.54, 1.807) is 18.2 Å². The van der Waals surface area contributed by atoms with Crippen molar-refractivity contribution in [2.45, 2.75) is 5.97 Å². The van der Waals surface area contributed by atoms with E-state index in [1.165, 1.54) is 12.1 Å². The Morgan fingerprint density at radius 3 is 2.33 bits per heavy atom. The van der Waals surface area contributed by atoms with Crippen molar-refractivity contribution in [3.63, 3.8) is 0 Å². The largest absolute Gasteiger partial charge is 0.406 e. The summed E-state index contributed by atoms with van der Waals surface area (Å²) in [4.78, 5) is 9.85. The number of ether oxygens (including phenoxy) is 1. The minimum atomic E-state index is -2.52. The maximum absolute atomic E-state index is 9.85. The molecule has 1 aromatic carbocycles. The summed E-state index contributed by atoms with van der Waals surface area (Å²) in [7, 11) is 0. The number of rotatable bonds is 3. The second-order valence-corrected chi connectivity index (χ2v) is 2.19. The first kappa shape index (κ1) is 8.70. The standard InChI is InChI=1S/C8H8O4/c9-6-12-8(10,11)7-4-2-1-3-5-7/h1-6,10-11H. The maximum Gasteiger partial charge on any atom is 0.353 e. The van der Waals surface area contributed by atoms with E-state index >= 15 is 0 Å². The lowest BCUT2D eigenvalue weighted by molar-refractivity contribution is -0.324. The quantitative estimate of drug-likeness (QED) is 0.490. The first-order valence-electron chi connectivity index (χ1n) is 3.28. The van der Waals surface area contributed by atoms with Gasteiger partial charge in [0, 0.05) is 0 Å². The zero-order valence-electron chi connectivity index (χ0n) is 6.18. The van der Waals surface area contributed by atoms with Crippen molar-refractivity contribution in [3.05, 3.63) is 35.9 Å². The fraction of sp³-hybridized carbons (Fsp3) is 0.125. The molecule has 1 aromatic rings. The number of carbonyl (C=O) groups excluding carboxylic acids is 1. The average molecular weight is 168 g/mol. The molecule has 4 heteroatoms. The van der Waals surface area contributed by atoms with Gasteiger partial charge in [-0.15, -0.1) is 0 Å². The Kier molecular flexibility index (Phi) is 2.42. The molecule has 0 fully saturated rings. The molecule has 0 bridgehead atoms. The molecule has 0 aromatic heterocycles. The number of hydrogen-bond donors (Lipinski definition) is 2. The van der Waals surface area contributed by atoms with Gasteiger partial charge < -0.3 is 14.9 Å². The third-order valence-electron chi connectivity index (χ3n) is 1.36. The van der Waals surface area contributed by atoms with E-state index in [1.807, 2.05) is 0 Å². The SMILES string of the molecule is O=COC(O)(O)c1ccccc1. The fourth-order valence-corrected chi connectivity index (χ4v) is 0.790. The van der Waals surface area contributed by atoms with Gasteiger partial charge in [0.2, 0.25) is 0 Å². The fourth-order valence-electron chi connectivity index (χ4n) is 0.790. The Balaban J connectivity index is 2.89. The molecular weight excluding hydrogens is 160 g/mol. The summed E-state index contributed by atoms with van der Waals surface area (Å²) in [6, 6.07) is 7.78. The smallest absolute Gasteiger partial charge is 0.353 e. The number of benzene rings is 1. The summed E-state index contributed by atoms with van der Waals surface area (Å²) < 4.78 is 4.05. The predicted octanol–water partition coefficient (Wildman–Crippen LogP) is -0.0455. The van der Waals surface area contributed by atoms with Gasteiger partial charge in [-0.2, -0.15) is 0 Å². The van der Waals surface area contributed by atoms with Gasteiger partial charge in [0.25, 0.3) is 6.47 Å². The maximum atomic E-state index is 9.85. The van der Waals surface area contributed by atoms with Crippen LogP contribution in [0.1, 0.15) is 5.56 Å². The molecular formula is C8H8O4. The molecule has 0 unspecified atom stereocenters. The molecule has 12 heavy (non-hydrogen) atoms. The van der Waals surface area contributed by atoms with Crippen LogP contribution in [0.25, 0.3) is 0 Å². The van der Waals surface area contributed by atoms with Gasteiger partial charge in [0.05, 0.1) is 5.56 Å². The molecule has 0 radical (unpaired) electrons. The zero-order valence-corrected chi connectivity index (χ0v) is 6.18. The lowest BCUT2D eigenvalue weighted by Crippen LogP contribution is -2.28. The molecule has 0 amide bonds. The normalized spacial score (nSPS) is 10.8. The molecule has 0 aliphatic heterocycles. The van der Waals surface area contributed by atoms with Crippen LogP contribution >= 0.6 is 0 Å². The number of aliphatic hydroxyl groups is 2. The van der Waals surface area contributed by atoms with Crippen LogP contribution in [0.4, 0.5) is 0 Å². The van der Waals surface area contributed by atoms with Gasteiger partial charge in [-0.3, -0.25) is 4.79 Å². The van der Waals surface area contributed by atoms with Gasteiger partial charge in [0.15, 0.2) is 0 Å². The molecule has 0 spiro atoms. The van der Waals surface area contributed by atoms with Gasteiger partial charge in [-0.1, -0.05) is 18.2 Å². The number of carbonyl (C=O) groups is 1. The highest BCUT2D eigenvalue weighted by Crippen LogP contribution is 2.17. The van der Waals surface area contributed by atoms with Crippen LogP contribution in [0.2, 0.25) is 0 Å². The Labute approximate surface area is 69.0 Å². The Morgan fingerprint density at radius 2 is 1.83 bits per heavy atom. The van der Waals surface area contributed by atoms with Gasteiger partial charge in [0.1, 0.15) is 0 Å². The van der Waals surface area contributed by atoms with E-state index in [0.717, 1.165) is 0 Å². The minimum Gasteiger partial charge on any atom is -0.406 e. The van der Waals surface area contributed by atoms with Gasteiger partial charge in [-0.05, 0) is 12.1 Å². The van der Waals surface area contributed by atoms with Crippen LogP contribution in [0.15, 0.2) is 30.3 Å². The molecule has 0 atom stereocenters. The van der Waals surface area contributed by atoms with E-state index < -0.39 is 5.97 Å². The van der Waals surface area contributed by atoms with Crippen molar-refractivity contribution in [2.75, 3.05) is 0 Å². The first-order chi connectivity index (χ1) is 5.67. The van der Waals surface area contributed by atoms with Crippen molar-refractivity contribution < 1.29 is 19.7 Å². The molecule has 0 heterocycles. The molecule has 2 N–H and O–H groups in total. The number of hydrogen-bond acceptors (Lipinski definition) is 4.